The van der Waals surface area contributed by atoms with Crippen LogP contribution in [0.1, 0.15) is 278 Å². The van der Waals surface area contributed by atoms with Crippen LogP contribution in [-0.4, -0.2) is 37.2 Å². The lowest BCUT2D eigenvalue weighted by molar-refractivity contribution is -0.167. The van der Waals surface area contributed by atoms with E-state index in [1.54, 1.807) is 0 Å². The van der Waals surface area contributed by atoms with Gasteiger partial charge in [0.25, 0.3) is 0 Å². The Morgan fingerprint density at radius 1 is 0.296 bits per heavy atom. The Morgan fingerprint density at radius 3 is 0.887 bits per heavy atom. The second-order valence-electron chi connectivity index (χ2n) is 19.5. The molecule has 6 heteroatoms. The van der Waals surface area contributed by atoms with Crippen LogP contribution in [0.15, 0.2) is 97.2 Å². The van der Waals surface area contributed by atoms with Crippen molar-refractivity contribution in [3.8, 4) is 0 Å². The van der Waals surface area contributed by atoms with Crippen LogP contribution in [0, 0.1) is 0 Å². The SMILES string of the molecule is CC/C=C\C/C=C\C/C=C\C/C=C\CCCCCCCCCCCCCCCCC(=O)OCC(COC(=O)CCCCCCCCCCCCC)OC(=O)CCCC/C=C\C/C=C\C/C=C\C/C=C\CC. The first-order valence-corrected chi connectivity index (χ1v) is 29.7. The highest BCUT2D eigenvalue weighted by atomic mass is 16.6. The number of carbonyl (C=O) groups excluding carboxylic acids is 3. The van der Waals surface area contributed by atoms with Gasteiger partial charge in [0.15, 0.2) is 6.10 Å². The quantitative estimate of drug-likeness (QED) is 0.0261. The zero-order chi connectivity index (χ0) is 51.4. The zero-order valence-corrected chi connectivity index (χ0v) is 46.5. The molecule has 0 saturated carbocycles. The summed E-state index contributed by atoms with van der Waals surface area (Å²) in [7, 11) is 0. The van der Waals surface area contributed by atoms with Crippen molar-refractivity contribution in [2.24, 2.45) is 0 Å². The van der Waals surface area contributed by atoms with E-state index in [1.807, 2.05) is 0 Å². The van der Waals surface area contributed by atoms with Crippen molar-refractivity contribution in [3.63, 3.8) is 0 Å². The van der Waals surface area contributed by atoms with Crippen molar-refractivity contribution in [2.45, 2.75) is 284 Å². The zero-order valence-electron chi connectivity index (χ0n) is 46.5. The van der Waals surface area contributed by atoms with Crippen LogP contribution >= 0.6 is 0 Å². The summed E-state index contributed by atoms with van der Waals surface area (Å²) in [4.78, 5) is 38.1. The van der Waals surface area contributed by atoms with Crippen LogP contribution in [-0.2, 0) is 28.6 Å². The Balaban J connectivity index is 4.26. The first kappa shape index (κ1) is 67.3. The summed E-state index contributed by atoms with van der Waals surface area (Å²) in [6.07, 6.45) is 78.5. The van der Waals surface area contributed by atoms with Gasteiger partial charge in [-0.05, 0) is 96.3 Å². The van der Waals surface area contributed by atoms with E-state index in [9.17, 15) is 14.4 Å². The summed E-state index contributed by atoms with van der Waals surface area (Å²) in [6, 6.07) is 0. The van der Waals surface area contributed by atoms with E-state index in [1.165, 1.54) is 128 Å². The van der Waals surface area contributed by atoms with E-state index in [0.29, 0.717) is 19.3 Å². The summed E-state index contributed by atoms with van der Waals surface area (Å²) < 4.78 is 16.8. The van der Waals surface area contributed by atoms with Gasteiger partial charge in [0.2, 0.25) is 0 Å². The van der Waals surface area contributed by atoms with Crippen LogP contribution in [0.3, 0.4) is 0 Å². The molecule has 0 aliphatic heterocycles. The molecular weight excluding hydrogens is 877 g/mol. The van der Waals surface area contributed by atoms with Gasteiger partial charge in [-0.3, -0.25) is 14.4 Å². The van der Waals surface area contributed by atoms with Crippen molar-refractivity contribution >= 4 is 17.9 Å². The van der Waals surface area contributed by atoms with Crippen LogP contribution in [0.4, 0.5) is 0 Å². The highest BCUT2D eigenvalue weighted by Gasteiger charge is 2.19. The Morgan fingerprint density at radius 2 is 0.549 bits per heavy atom. The van der Waals surface area contributed by atoms with Gasteiger partial charge >= 0.3 is 17.9 Å². The summed E-state index contributed by atoms with van der Waals surface area (Å²) in [5, 5.41) is 0. The highest BCUT2D eigenvalue weighted by molar-refractivity contribution is 5.71. The molecule has 0 aromatic rings. The molecule has 0 bridgehead atoms. The van der Waals surface area contributed by atoms with Gasteiger partial charge in [0, 0.05) is 19.3 Å². The second-order valence-corrected chi connectivity index (χ2v) is 19.5. The van der Waals surface area contributed by atoms with Crippen LogP contribution in [0.2, 0.25) is 0 Å². The molecule has 0 saturated heterocycles. The van der Waals surface area contributed by atoms with E-state index in [2.05, 4.69) is 118 Å². The predicted octanol–water partition coefficient (Wildman–Crippen LogP) is 20.1. The Bertz CT molecular complexity index is 1410. The van der Waals surface area contributed by atoms with Gasteiger partial charge in [-0.2, -0.15) is 0 Å². The molecule has 0 radical (unpaired) electrons. The molecule has 0 amide bonds. The molecule has 0 rings (SSSR count). The fraction of sp³-hybridized carbons (Fsp3) is 0.708. The maximum atomic E-state index is 12.8. The summed E-state index contributed by atoms with van der Waals surface area (Å²) >= 11 is 0. The molecule has 0 heterocycles. The molecule has 0 aromatic carbocycles. The Labute approximate surface area is 438 Å². The number of allylic oxidation sites excluding steroid dienone is 16. The smallest absolute Gasteiger partial charge is 0.306 e. The topological polar surface area (TPSA) is 78.9 Å². The third kappa shape index (κ3) is 57.1. The molecule has 1 unspecified atom stereocenters. The minimum Gasteiger partial charge on any atom is -0.462 e. The molecule has 406 valence electrons. The maximum Gasteiger partial charge on any atom is 0.306 e. The number of hydrogen-bond donors (Lipinski definition) is 0. The molecule has 0 aromatic heterocycles. The molecule has 0 aliphatic rings. The third-order valence-electron chi connectivity index (χ3n) is 12.6. The van der Waals surface area contributed by atoms with E-state index < -0.39 is 6.10 Å². The van der Waals surface area contributed by atoms with Crippen molar-refractivity contribution in [3.05, 3.63) is 97.2 Å². The molecule has 0 N–H and O–H groups in total. The summed E-state index contributed by atoms with van der Waals surface area (Å²) in [5.41, 5.74) is 0. The highest BCUT2D eigenvalue weighted by Crippen LogP contribution is 2.16. The van der Waals surface area contributed by atoms with Gasteiger partial charge in [0.1, 0.15) is 13.2 Å². The lowest BCUT2D eigenvalue weighted by atomic mass is 10.0. The summed E-state index contributed by atoms with van der Waals surface area (Å²) in [5.74, 6) is -0.929. The molecule has 71 heavy (non-hydrogen) atoms. The molecule has 0 spiro atoms. The molecular formula is C65H110O6. The molecule has 6 nitrogen and oxygen atoms in total. The lowest BCUT2D eigenvalue weighted by Gasteiger charge is -2.18. The van der Waals surface area contributed by atoms with Crippen LogP contribution in [0.25, 0.3) is 0 Å². The maximum absolute atomic E-state index is 12.8. The van der Waals surface area contributed by atoms with Crippen LogP contribution < -0.4 is 0 Å². The van der Waals surface area contributed by atoms with Gasteiger partial charge in [-0.15, -0.1) is 0 Å². The summed E-state index contributed by atoms with van der Waals surface area (Å²) in [6.45, 7) is 6.38. The Kier molecular flexibility index (Phi) is 55.9. The van der Waals surface area contributed by atoms with Gasteiger partial charge in [-0.1, -0.05) is 259 Å². The third-order valence-corrected chi connectivity index (χ3v) is 12.6. The molecule has 0 fully saturated rings. The molecule has 0 aliphatic carbocycles. The van der Waals surface area contributed by atoms with E-state index >= 15 is 0 Å². The van der Waals surface area contributed by atoms with Crippen molar-refractivity contribution < 1.29 is 28.6 Å². The fourth-order valence-electron chi connectivity index (χ4n) is 8.19. The average Bonchev–Trinajstić information content (AvgIpc) is 3.37. The minimum absolute atomic E-state index is 0.0917. The number of rotatable bonds is 53. The lowest BCUT2D eigenvalue weighted by Crippen LogP contribution is -2.30. The van der Waals surface area contributed by atoms with Crippen molar-refractivity contribution in [1.29, 1.82) is 0 Å². The number of ether oxygens (including phenoxy) is 3. The number of carbonyl (C=O) groups is 3. The monoisotopic (exact) mass is 987 g/mol. The predicted molar refractivity (Wildman–Crippen MR) is 307 cm³/mol. The number of hydrogen-bond acceptors (Lipinski definition) is 6. The van der Waals surface area contributed by atoms with E-state index in [0.717, 1.165) is 103 Å². The largest absolute Gasteiger partial charge is 0.462 e. The first-order valence-electron chi connectivity index (χ1n) is 29.7. The Hall–Kier alpha value is -3.67. The normalized spacial score (nSPS) is 12.8. The van der Waals surface area contributed by atoms with Gasteiger partial charge in [0.05, 0.1) is 0 Å². The van der Waals surface area contributed by atoms with E-state index in [4.69, 9.17) is 14.2 Å². The van der Waals surface area contributed by atoms with Crippen molar-refractivity contribution in [1.82, 2.24) is 0 Å². The van der Waals surface area contributed by atoms with E-state index in [-0.39, 0.29) is 37.5 Å². The van der Waals surface area contributed by atoms with Gasteiger partial charge in [-0.25, -0.2) is 0 Å². The minimum atomic E-state index is -0.797. The average molecular weight is 988 g/mol. The van der Waals surface area contributed by atoms with Crippen LogP contribution in [0.5, 0.6) is 0 Å². The number of esters is 3. The first-order chi connectivity index (χ1) is 35.0. The van der Waals surface area contributed by atoms with Gasteiger partial charge < -0.3 is 14.2 Å². The number of unbranched alkanes of at least 4 members (excludes halogenated alkanes) is 26. The van der Waals surface area contributed by atoms with Crippen molar-refractivity contribution in [2.75, 3.05) is 13.2 Å². The standard InChI is InChI=1S/C65H110O6/c1-4-7-10-13-16-19-22-24-26-27-28-29-30-31-32-33-34-35-36-37-39-40-43-46-49-52-55-58-64(67)70-61-62(60-69-63(66)57-54-51-48-45-42-21-18-15-12-9-6-3)71-65(68)59-56-53-50-47-44-41-38-25-23-20-17-14-11-8-5-2/h7-8,10-11,16-17,19-20,24-26,28-29,38,44,47,62H,4-6,9,12-15,18,21-23,27,30-37,39-43,45-46,48-61H2,1-3H3/b10-7-,11-8-,19-16-,20-17-,26-24-,29-28-,38-25-,47-44-. The second kappa shape index (κ2) is 58.9. The molecule has 1 atom stereocenters. The fourth-order valence-corrected chi connectivity index (χ4v) is 8.19.